The van der Waals surface area contributed by atoms with Crippen molar-refractivity contribution in [3.63, 3.8) is 0 Å². The molecule has 0 radical (unpaired) electrons. The van der Waals surface area contributed by atoms with Crippen LogP contribution in [0.15, 0.2) is 16.9 Å². The van der Waals surface area contributed by atoms with Gasteiger partial charge in [-0.05, 0) is 38.3 Å². The topological polar surface area (TPSA) is 43.1 Å². The van der Waals surface area contributed by atoms with E-state index in [0.29, 0.717) is 17.2 Å². The Morgan fingerprint density at radius 3 is 2.75 bits per heavy atom. The lowest BCUT2D eigenvalue weighted by Crippen LogP contribution is -2.37. The number of imidazole rings is 1. The van der Waals surface area contributed by atoms with Crippen LogP contribution in [0.1, 0.15) is 32.6 Å². The number of hydrogen-bond donors (Lipinski definition) is 0. The van der Waals surface area contributed by atoms with Crippen LogP contribution in [0.25, 0.3) is 11.2 Å². The van der Waals surface area contributed by atoms with Gasteiger partial charge in [0, 0.05) is 38.5 Å². The van der Waals surface area contributed by atoms with Crippen LogP contribution >= 0.6 is 0 Å². The molecule has 3 heterocycles. The van der Waals surface area contributed by atoms with Gasteiger partial charge in [0.1, 0.15) is 5.82 Å². The predicted octanol–water partition coefficient (Wildman–Crippen LogP) is 2.77. The lowest BCUT2D eigenvalue weighted by molar-refractivity contribution is 0.0951. The Morgan fingerprint density at radius 2 is 2.08 bits per heavy atom. The zero-order valence-electron chi connectivity index (χ0n) is 14.0. The fourth-order valence-electron chi connectivity index (χ4n) is 3.73. The van der Waals surface area contributed by atoms with Gasteiger partial charge in [0.05, 0.1) is 5.52 Å². The molecule has 7 heteroatoms. The summed E-state index contributed by atoms with van der Waals surface area (Å²) in [6, 6.07) is 4.18. The van der Waals surface area contributed by atoms with E-state index in [4.69, 9.17) is 0 Å². The highest BCUT2D eigenvalue weighted by molar-refractivity contribution is 5.74. The Morgan fingerprint density at radius 1 is 1.33 bits per heavy atom. The minimum Gasteiger partial charge on any atom is -0.354 e. The van der Waals surface area contributed by atoms with Crippen LogP contribution in [0, 0.1) is 5.92 Å². The molecule has 5 nitrogen and oxygen atoms in total. The van der Waals surface area contributed by atoms with Crippen molar-refractivity contribution in [2.75, 3.05) is 11.4 Å². The molecular weight excluding hydrogens is 314 g/mol. The molecule has 0 aromatic carbocycles. The molecule has 4 rings (SSSR count). The number of aryl methyl sites for hydroxylation is 1. The fraction of sp³-hybridized carbons (Fsp3) is 0.647. The molecule has 2 atom stereocenters. The van der Waals surface area contributed by atoms with Crippen molar-refractivity contribution >= 4 is 17.0 Å². The minimum absolute atomic E-state index is 0.0598. The van der Waals surface area contributed by atoms with E-state index in [-0.39, 0.29) is 18.7 Å². The predicted molar refractivity (Wildman–Crippen MR) is 88.7 cm³/mol. The summed E-state index contributed by atoms with van der Waals surface area (Å²) < 4.78 is 29.4. The maximum Gasteiger partial charge on any atom is 0.330 e. The third kappa shape index (κ3) is 2.41. The lowest BCUT2D eigenvalue weighted by Gasteiger charge is -2.34. The molecule has 1 saturated carbocycles. The second kappa shape index (κ2) is 5.29. The molecular formula is C17H22F2N4O. The Bertz CT molecular complexity index is 841. The Hall–Kier alpha value is -1.92. The average Bonchev–Trinajstić information content (AvgIpc) is 3.10. The summed E-state index contributed by atoms with van der Waals surface area (Å²) in [6.07, 6.45) is 3.37. The van der Waals surface area contributed by atoms with Crippen molar-refractivity contribution in [1.29, 1.82) is 0 Å². The van der Waals surface area contributed by atoms with E-state index in [1.807, 2.05) is 12.1 Å². The number of aromatic nitrogens is 3. The van der Waals surface area contributed by atoms with Crippen molar-refractivity contribution in [3.05, 3.63) is 22.6 Å². The van der Waals surface area contributed by atoms with Gasteiger partial charge in [0.25, 0.3) is 5.92 Å². The molecule has 0 N–H and O–H groups in total. The Labute approximate surface area is 138 Å². The molecule has 1 saturated heterocycles. The fourth-order valence-corrected chi connectivity index (χ4v) is 3.73. The highest BCUT2D eigenvalue weighted by Crippen LogP contribution is 2.49. The van der Waals surface area contributed by atoms with Crippen LogP contribution in [0.5, 0.6) is 0 Å². The van der Waals surface area contributed by atoms with Crippen molar-refractivity contribution in [1.82, 2.24) is 14.1 Å². The van der Waals surface area contributed by atoms with Gasteiger partial charge in [0.15, 0.2) is 5.65 Å². The highest BCUT2D eigenvalue weighted by Gasteiger charge is 2.57. The molecule has 2 fully saturated rings. The maximum absolute atomic E-state index is 13.2. The molecule has 130 valence electrons. The van der Waals surface area contributed by atoms with E-state index in [0.717, 1.165) is 25.2 Å². The third-order valence-electron chi connectivity index (χ3n) is 5.42. The third-order valence-corrected chi connectivity index (χ3v) is 5.42. The molecule has 24 heavy (non-hydrogen) atoms. The molecule has 0 spiro atoms. The van der Waals surface area contributed by atoms with Crippen molar-refractivity contribution < 1.29 is 8.78 Å². The summed E-state index contributed by atoms with van der Waals surface area (Å²) in [4.78, 5) is 19.4. The number of piperidine rings is 1. The number of alkyl halides is 2. The summed E-state index contributed by atoms with van der Waals surface area (Å²) in [5.74, 6) is -2.50. The smallest absolute Gasteiger partial charge is 0.330 e. The molecule has 2 aliphatic rings. The van der Waals surface area contributed by atoms with Crippen LogP contribution in [0.4, 0.5) is 14.6 Å². The number of halogens is 2. The largest absolute Gasteiger partial charge is 0.354 e. The standard InChI is InChI=1S/C17H22F2N4O/c1-11-5-3-4-8-22(11)14-7-6-13-15(20-14)21(2)16(24)23(13)10-12-9-17(12,18)19/h6-7,11-12H,3-5,8-10H2,1-2H3. The van der Waals surface area contributed by atoms with E-state index in [2.05, 4.69) is 16.8 Å². The van der Waals surface area contributed by atoms with Gasteiger partial charge in [-0.1, -0.05) is 0 Å². The normalized spacial score (nSPS) is 26.1. The summed E-state index contributed by atoms with van der Waals surface area (Å²) in [6.45, 7) is 3.21. The minimum atomic E-state index is -2.63. The first-order chi connectivity index (χ1) is 11.4. The van der Waals surface area contributed by atoms with Gasteiger partial charge in [-0.3, -0.25) is 9.13 Å². The van der Waals surface area contributed by atoms with E-state index in [9.17, 15) is 13.6 Å². The number of anilines is 1. The van der Waals surface area contributed by atoms with E-state index in [1.54, 1.807) is 7.05 Å². The number of hydrogen-bond acceptors (Lipinski definition) is 3. The second-order valence-corrected chi connectivity index (χ2v) is 7.16. The quantitative estimate of drug-likeness (QED) is 0.866. The van der Waals surface area contributed by atoms with Gasteiger partial charge >= 0.3 is 5.69 Å². The molecule has 2 aromatic rings. The van der Waals surface area contributed by atoms with Gasteiger partial charge in [-0.2, -0.15) is 0 Å². The molecule has 1 aliphatic carbocycles. The first-order valence-corrected chi connectivity index (χ1v) is 8.59. The van der Waals surface area contributed by atoms with Gasteiger partial charge in [0.2, 0.25) is 0 Å². The molecule has 2 aromatic heterocycles. The van der Waals surface area contributed by atoms with Crippen molar-refractivity contribution in [3.8, 4) is 0 Å². The van der Waals surface area contributed by atoms with Crippen molar-refractivity contribution in [2.24, 2.45) is 13.0 Å². The van der Waals surface area contributed by atoms with Crippen LogP contribution in [0.3, 0.4) is 0 Å². The Balaban J connectivity index is 1.72. The summed E-state index contributed by atoms with van der Waals surface area (Å²) in [5.41, 5.74) is 0.932. The number of fused-ring (bicyclic) bond motifs is 1. The maximum atomic E-state index is 13.2. The lowest BCUT2D eigenvalue weighted by atomic mass is 10.0. The summed E-state index contributed by atoms with van der Waals surface area (Å²) in [7, 11) is 1.66. The zero-order chi connectivity index (χ0) is 17.1. The SMILES string of the molecule is CC1CCCCN1c1ccc2c(n1)n(C)c(=O)n2CC1CC1(F)F. The van der Waals surface area contributed by atoms with Gasteiger partial charge < -0.3 is 4.90 Å². The van der Waals surface area contributed by atoms with E-state index in [1.165, 1.54) is 15.6 Å². The first-order valence-electron chi connectivity index (χ1n) is 8.59. The first kappa shape index (κ1) is 15.6. The number of nitrogens with zero attached hydrogens (tertiary/aromatic N) is 4. The van der Waals surface area contributed by atoms with E-state index >= 15 is 0 Å². The van der Waals surface area contributed by atoms with Crippen LogP contribution in [-0.4, -0.2) is 32.6 Å². The Kier molecular flexibility index (Phi) is 3.44. The molecule has 0 amide bonds. The number of rotatable bonds is 3. The summed E-state index contributed by atoms with van der Waals surface area (Å²) >= 11 is 0. The van der Waals surface area contributed by atoms with E-state index < -0.39 is 11.8 Å². The highest BCUT2D eigenvalue weighted by atomic mass is 19.3. The van der Waals surface area contributed by atoms with Crippen LogP contribution in [0.2, 0.25) is 0 Å². The number of pyridine rings is 1. The monoisotopic (exact) mass is 336 g/mol. The van der Waals surface area contributed by atoms with Gasteiger partial charge in [-0.15, -0.1) is 0 Å². The van der Waals surface area contributed by atoms with Crippen molar-refractivity contribution in [2.45, 2.75) is 51.1 Å². The van der Waals surface area contributed by atoms with Crippen LogP contribution < -0.4 is 10.6 Å². The molecule has 0 bridgehead atoms. The zero-order valence-corrected chi connectivity index (χ0v) is 14.0. The summed E-state index contributed by atoms with van der Waals surface area (Å²) in [5, 5.41) is 0. The van der Waals surface area contributed by atoms with Crippen LogP contribution in [-0.2, 0) is 13.6 Å². The average molecular weight is 336 g/mol. The molecule has 1 aliphatic heterocycles. The molecule has 2 unspecified atom stereocenters. The second-order valence-electron chi connectivity index (χ2n) is 7.16. The van der Waals surface area contributed by atoms with Gasteiger partial charge in [-0.25, -0.2) is 18.6 Å².